The molecule has 0 bridgehead atoms. The number of hydrogen-bond donors (Lipinski definition) is 0. The molecule has 0 saturated carbocycles. The van der Waals surface area contributed by atoms with Gasteiger partial charge in [-0.15, -0.1) is 0 Å². The van der Waals surface area contributed by atoms with Gasteiger partial charge >= 0.3 is 0 Å². The molecule has 2 aromatic rings. The Balaban J connectivity index is 2.37. The lowest BCUT2D eigenvalue weighted by Gasteiger charge is -2.28. The molecule has 0 aliphatic carbocycles. The lowest BCUT2D eigenvalue weighted by atomic mass is 9.80. The normalized spacial score (nSPS) is 11.9. The Labute approximate surface area is 160 Å². The van der Waals surface area contributed by atoms with E-state index in [4.69, 9.17) is 10.00 Å². The molecule has 0 fully saturated rings. The van der Waals surface area contributed by atoms with Gasteiger partial charge in [-0.1, -0.05) is 59.7 Å². The largest absolute Gasteiger partial charge is 0.487 e. The van der Waals surface area contributed by atoms with Gasteiger partial charge in [-0.05, 0) is 56.1 Å². The molecule has 0 amide bonds. The third kappa shape index (κ3) is 4.86. The van der Waals surface area contributed by atoms with Gasteiger partial charge in [0.05, 0.1) is 16.1 Å². The second-order valence-electron chi connectivity index (χ2n) is 8.43. The number of nitriles is 1. The van der Waals surface area contributed by atoms with Crippen molar-refractivity contribution in [2.75, 3.05) is 0 Å². The van der Waals surface area contributed by atoms with E-state index < -0.39 is 0 Å². The van der Waals surface area contributed by atoms with Crippen molar-refractivity contribution in [1.82, 2.24) is 0 Å². The van der Waals surface area contributed by atoms with Crippen molar-refractivity contribution in [2.24, 2.45) is 0 Å². The number of ether oxygens (including phenoxy) is 1. The van der Waals surface area contributed by atoms with E-state index in [1.165, 1.54) is 11.1 Å². The lowest BCUT2D eigenvalue weighted by molar-refractivity contribution is 0.295. The van der Waals surface area contributed by atoms with E-state index in [1.807, 2.05) is 24.3 Å². The average Bonchev–Trinajstić information content (AvgIpc) is 2.51. The second kappa shape index (κ2) is 7.22. The molecule has 0 saturated heterocycles. The summed E-state index contributed by atoms with van der Waals surface area (Å²) in [4.78, 5) is 0. The minimum atomic E-state index is -0.0240. The van der Waals surface area contributed by atoms with Crippen LogP contribution in [0.15, 0.2) is 40.9 Å². The second-order valence-corrected chi connectivity index (χ2v) is 9.29. The van der Waals surface area contributed by atoms with Crippen molar-refractivity contribution in [2.45, 2.75) is 59.0 Å². The zero-order chi connectivity index (χ0) is 18.8. The highest BCUT2D eigenvalue weighted by Gasteiger charge is 2.25. The summed E-state index contributed by atoms with van der Waals surface area (Å²) in [6.45, 7) is 13.7. The van der Waals surface area contributed by atoms with Crippen LogP contribution in [0.3, 0.4) is 0 Å². The quantitative estimate of drug-likeness (QED) is 0.590. The summed E-state index contributed by atoms with van der Waals surface area (Å²) in [6.07, 6.45) is 0. The third-order valence-corrected chi connectivity index (χ3v) is 4.77. The van der Waals surface area contributed by atoms with Gasteiger partial charge in [0.2, 0.25) is 0 Å². The third-order valence-electron chi connectivity index (χ3n) is 4.18. The van der Waals surface area contributed by atoms with Gasteiger partial charge in [-0.3, -0.25) is 0 Å². The summed E-state index contributed by atoms with van der Waals surface area (Å²) in [7, 11) is 0. The molecule has 132 valence electrons. The lowest BCUT2D eigenvalue weighted by Crippen LogP contribution is -2.18. The molecule has 0 atom stereocenters. The van der Waals surface area contributed by atoms with Crippen LogP contribution in [0.2, 0.25) is 0 Å². The smallest absolute Gasteiger partial charge is 0.137 e. The topological polar surface area (TPSA) is 33.0 Å². The Kier molecular flexibility index (Phi) is 5.64. The Morgan fingerprint density at radius 2 is 1.56 bits per heavy atom. The molecule has 0 heterocycles. The van der Waals surface area contributed by atoms with Crippen LogP contribution in [0.1, 0.15) is 63.8 Å². The highest BCUT2D eigenvalue weighted by Crippen LogP contribution is 2.41. The summed E-state index contributed by atoms with van der Waals surface area (Å²) in [6, 6.07) is 14.1. The molecule has 0 radical (unpaired) electrons. The van der Waals surface area contributed by atoms with Gasteiger partial charge in [0.25, 0.3) is 0 Å². The van der Waals surface area contributed by atoms with Gasteiger partial charge in [0.15, 0.2) is 0 Å². The first-order valence-electron chi connectivity index (χ1n) is 8.49. The molecule has 0 spiro atoms. The Hall–Kier alpha value is -1.79. The van der Waals surface area contributed by atoms with Crippen molar-refractivity contribution in [3.8, 4) is 11.8 Å². The molecule has 0 aliphatic rings. The maximum absolute atomic E-state index is 8.90. The van der Waals surface area contributed by atoms with Gasteiger partial charge in [-0.2, -0.15) is 5.26 Å². The SMILES string of the molecule is CC(C)(C)c1cc(Br)c(OCc2ccc(C#N)cc2)c(C(C)(C)C)c1. The summed E-state index contributed by atoms with van der Waals surface area (Å²) in [5, 5.41) is 8.90. The maximum atomic E-state index is 8.90. The van der Waals surface area contributed by atoms with Gasteiger partial charge in [0, 0.05) is 5.56 Å². The molecule has 2 aromatic carbocycles. The Bertz CT molecular complexity index is 787. The standard InChI is InChI=1S/C22H26BrNO/c1-21(2,3)17-11-18(22(4,5)6)20(19(23)12-17)25-14-16-9-7-15(13-24)8-10-16/h7-12H,14H2,1-6H3. The Morgan fingerprint density at radius 3 is 2.04 bits per heavy atom. The zero-order valence-electron chi connectivity index (χ0n) is 15.9. The summed E-state index contributed by atoms with van der Waals surface area (Å²) < 4.78 is 7.18. The number of halogens is 1. The first-order chi connectivity index (χ1) is 11.5. The molecular formula is C22H26BrNO. The molecule has 25 heavy (non-hydrogen) atoms. The molecule has 0 unspecified atom stereocenters. The fourth-order valence-electron chi connectivity index (χ4n) is 2.56. The maximum Gasteiger partial charge on any atom is 0.137 e. The molecule has 0 aromatic heterocycles. The fraction of sp³-hybridized carbons (Fsp3) is 0.409. The van der Waals surface area contributed by atoms with E-state index in [2.05, 4.69) is 75.7 Å². The van der Waals surface area contributed by atoms with Crippen LogP contribution in [-0.4, -0.2) is 0 Å². The molecule has 2 nitrogen and oxygen atoms in total. The minimum absolute atomic E-state index is 0.0240. The first-order valence-corrected chi connectivity index (χ1v) is 9.28. The van der Waals surface area contributed by atoms with Crippen LogP contribution < -0.4 is 4.74 Å². The van der Waals surface area contributed by atoms with Gasteiger partial charge in [-0.25, -0.2) is 0 Å². The van der Waals surface area contributed by atoms with Crippen LogP contribution in [0.4, 0.5) is 0 Å². The highest BCUT2D eigenvalue weighted by atomic mass is 79.9. The molecule has 3 heteroatoms. The number of nitrogens with zero attached hydrogens (tertiary/aromatic N) is 1. The first kappa shape index (κ1) is 19.5. The Morgan fingerprint density at radius 1 is 0.960 bits per heavy atom. The van der Waals surface area contributed by atoms with Crippen LogP contribution in [0, 0.1) is 11.3 Å². The molecule has 0 N–H and O–H groups in total. The average molecular weight is 400 g/mol. The van der Waals surface area contributed by atoms with E-state index in [0.717, 1.165) is 15.8 Å². The summed E-state index contributed by atoms with van der Waals surface area (Å²) >= 11 is 3.71. The summed E-state index contributed by atoms with van der Waals surface area (Å²) in [5.41, 5.74) is 4.24. The van der Waals surface area contributed by atoms with Crippen molar-refractivity contribution in [3.05, 3.63) is 63.1 Å². The number of hydrogen-bond acceptors (Lipinski definition) is 2. The highest BCUT2D eigenvalue weighted by molar-refractivity contribution is 9.10. The molecular weight excluding hydrogens is 374 g/mol. The van der Waals surface area contributed by atoms with Gasteiger partial charge in [0.1, 0.15) is 12.4 Å². The van der Waals surface area contributed by atoms with Crippen LogP contribution in [-0.2, 0) is 17.4 Å². The van der Waals surface area contributed by atoms with Crippen molar-refractivity contribution < 1.29 is 4.74 Å². The van der Waals surface area contributed by atoms with Crippen molar-refractivity contribution in [1.29, 1.82) is 5.26 Å². The van der Waals surface area contributed by atoms with E-state index in [1.54, 1.807) is 0 Å². The number of benzene rings is 2. The number of rotatable bonds is 3. The van der Waals surface area contributed by atoms with E-state index >= 15 is 0 Å². The van der Waals surface area contributed by atoms with E-state index in [-0.39, 0.29) is 10.8 Å². The monoisotopic (exact) mass is 399 g/mol. The van der Waals surface area contributed by atoms with E-state index in [9.17, 15) is 0 Å². The predicted molar refractivity (Wildman–Crippen MR) is 107 cm³/mol. The summed E-state index contributed by atoms with van der Waals surface area (Å²) in [5.74, 6) is 0.893. The molecule has 2 rings (SSSR count). The van der Waals surface area contributed by atoms with Crippen molar-refractivity contribution in [3.63, 3.8) is 0 Å². The van der Waals surface area contributed by atoms with Crippen LogP contribution in [0.25, 0.3) is 0 Å². The fourth-order valence-corrected chi connectivity index (χ4v) is 3.14. The van der Waals surface area contributed by atoms with E-state index in [0.29, 0.717) is 12.2 Å². The molecule has 0 aliphatic heterocycles. The van der Waals surface area contributed by atoms with Crippen molar-refractivity contribution >= 4 is 15.9 Å². The predicted octanol–water partition coefficient (Wildman–Crippen LogP) is 6.49. The van der Waals surface area contributed by atoms with Crippen LogP contribution >= 0.6 is 15.9 Å². The van der Waals surface area contributed by atoms with Gasteiger partial charge < -0.3 is 4.74 Å². The van der Waals surface area contributed by atoms with Crippen LogP contribution in [0.5, 0.6) is 5.75 Å². The minimum Gasteiger partial charge on any atom is -0.487 e. The zero-order valence-corrected chi connectivity index (χ0v) is 17.5.